The Labute approximate surface area is 80.2 Å². The van der Waals surface area contributed by atoms with Crippen molar-refractivity contribution < 1.29 is 0 Å². The predicted octanol–water partition coefficient (Wildman–Crippen LogP) is 1.56. The molecular weight excluding hydrogens is 162 g/mol. The molecule has 1 aromatic rings. The zero-order chi connectivity index (χ0) is 9.90. The molecule has 74 valence electrons. The normalized spacial score (nSPS) is 12.0. The van der Waals surface area contributed by atoms with Crippen molar-refractivity contribution in [2.45, 2.75) is 27.3 Å². The molecule has 0 aliphatic heterocycles. The molecule has 13 heavy (non-hydrogen) atoms. The lowest BCUT2D eigenvalue weighted by atomic mass is 9.97. The van der Waals surface area contributed by atoms with E-state index in [0.29, 0.717) is 5.41 Å². The molecule has 0 atom stereocenters. The number of rotatable bonds is 3. The summed E-state index contributed by atoms with van der Waals surface area (Å²) >= 11 is 0. The first-order valence-corrected chi connectivity index (χ1v) is 4.65. The molecule has 0 saturated carbocycles. The number of nitrogens with zero attached hydrogens (tertiary/aromatic N) is 2. The smallest absolute Gasteiger partial charge is 0.0945 e. The Hall–Kier alpha value is -0.830. The molecule has 1 heterocycles. The van der Waals surface area contributed by atoms with E-state index in [1.807, 2.05) is 24.1 Å². The second-order valence-corrected chi connectivity index (χ2v) is 4.66. The summed E-state index contributed by atoms with van der Waals surface area (Å²) in [6.45, 7) is 8.60. The maximum Gasteiger partial charge on any atom is 0.0945 e. The van der Waals surface area contributed by atoms with Gasteiger partial charge >= 0.3 is 0 Å². The summed E-state index contributed by atoms with van der Waals surface area (Å²) in [6, 6.07) is 0. The molecule has 0 fully saturated rings. The fourth-order valence-electron chi connectivity index (χ4n) is 1.12. The molecule has 1 aromatic heterocycles. The molecule has 3 heteroatoms. The van der Waals surface area contributed by atoms with Crippen molar-refractivity contribution in [1.29, 1.82) is 0 Å². The zero-order valence-corrected chi connectivity index (χ0v) is 8.96. The largest absolute Gasteiger partial charge is 0.337 e. The van der Waals surface area contributed by atoms with E-state index in [1.165, 1.54) is 5.69 Å². The summed E-state index contributed by atoms with van der Waals surface area (Å²) in [5.74, 6) is 0. The molecule has 0 spiro atoms. The van der Waals surface area contributed by atoms with E-state index in [4.69, 9.17) is 0 Å². The third-order valence-corrected chi connectivity index (χ3v) is 1.88. The van der Waals surface area contributed by atoms with Gasteiger partial charge in [0.2, 0.25) is 0 Å². The van der Waals surface area contributed by atoms with E-state index >= 15 is 0 Å². The summed E-state index contributed by atoms with van der Waals surface area (Å²) in [5, 5.41) is 3.41. The highest BCUT2D eigenvalue weighted by Crippen LogP contribution is 2.10. The van der Waals surface area contributed by atoms with Crippen LogP contribution in [0.4, 0.5) is 0 Å². The summed E-state index contributed by atoms with van der Waals surface area (Å²) in [5.41, 5.74) is 1.57. The molecule has 0 amide bonds. The topological polar surface area (TPSA) is 29.9 Å². The highest BCUT2D eigenvalue weighted by Gasteiger charge is 2.09. The van der Waals surface area contributed by atoms with Gasteiger partial charge in [-0.15, -0.1) is 0 Å². The first-order chi connectivity index (χ1) is 5.99. The SMILES string of the molecule is Cn1cncc1CNCC(C)(C)C. The van der Waals surface area contributed by atoms with Crippen LogP contribution in [0.3, 0.4) is 0 Å². The quantitative estimate of drug-likeness (QED) is 0.767. The van der Waals surface area contributed by atoms with Crippen LogP contribution in [0.15, 0.2) is 12.5 Å². The van der Waals surface area contributed by atoms with Crippen molar-refractivity contribution in [3.63, 3.8) is 0 Å². The maximum absolute atomic E-state index is 4.06. The molecule has 0 aromatic carbocycles. The summed E-state index contributed by atoms with van der Waals surface area (Å²) in [7, 11) is 2.01. The van der Waals surface area contributed by atoms with E-state index in [0.717, 1.165) is 13.1 Å². The fraction of sp³-hybridized carbons (Fsp3) is 0.700. The van der Waals surface area contributed by atoms with Crippen molar-refractivity contribution in [2.75, 3.05) is 6.54 Å². The zero-order valence-electron chi connectivity index (χ0n) is 8.96. The van der Waals surface area contributed by atoms with Crippen molar-refractivity contribution in [2.24, 2.45) is 12.5 Å². The summed E-state index contributed by atoms with van der Waals surface area (Å²) < 4.78 is 2.04. The van der Waals surface area contributed by atoms with Gasteiger partial charge in [0.1, 0.15) is 0 Å². The van der Waals surface area contributed by atoms with Crippen LogP contribution in [-0.2, 0) is 13.6 Å². The van der Waals surface area contributed by atoms with Crippen molar-refractivity contribution >= 4 is 0 Å². The highest BCUT2D eigenvalue weighted by molar-refractivity contribution is 4.96. The van der Waals surface area contributed by atoms with Gasteiger partial charge in [-0.2, -0.15) is 0 Å². The first kappa shape index (κ1) is 10.3. The fourth-order valence-corrected chi connectivity index (χ4v) is 1.12. The average Bonchev–Trinajstić information content (AvgIpc) is 2.34. The van der Waals surface area contributed by atoms with Gasteiger partial charge in [0.15, 0.2) is 0 Å². The molecule has 1 N–H and O–H groups in total. The molecule has 0 unspecified atom stereocenters. The molecule has 1 rings (SSSR count). The van der Waals surface area contributed by atoms with Crippen LogP contribution in [0, 0.1) is 5.41 Å². The Morgan fingerprint density at radius 2 is 2.15 bits per heavy atom. The third kappa shape index (κ3) is 3.59. The van der Waals surface area contributed by atoms with Gasteiger partial charge in [0.05, 0.1) is 12.0 Å². The number of imidazole rings is 1. The Balaban J connectivity index is 2.32. The second kappa shape index (κ2) is 3.92. The van der Waals surface area contributed by atoms with Gasteiger partial charge in [-0.05, 0) is 5.41 Å². The minimum atomic E-state index is 0.346. The number of aromatic nitrogens is 2. The third-order valence-electron chi connectivity index (χ3n) is 1.88. The van der Waals surface area contributed by atoms with Gasteiger partial charge in [-0.1, -0.05) is 20.8 Å². The molecule has 0 bridgehead atoms. The molecule has 0 radical (unpaired) electrons. The van der Waals surface area contributed by atoms with Gasteiger partial charge in [-0.25, -0.2) is 4.98 Å². The monoisotopic (exact) mass is 181 g/mol. The van der Waals surface area contributed by atoms with Gasteiger partial charge in [0, 0.05) is 26.3 Å². The van der Waals surface area contributed by atoms with E-state index in [-0.39, 0.29) is 0 Å². The summed E-state index contributed by atoms with van der Waals surface area (Å²) in [6.07, 6.45) is 3.73. The molecular formula is C10H19N3. The molecule has 0 saturated heterocycles. The van der Waals surface area contributed by atoms with E-state index in [1.54, 1.807) is 0 Å². The van der Waals surface area contributed by atoms with Crippen molar-refractivity contribution in [1.82, 2.24) is 14.9 Å². The standard InChI is InChI=1S/C10H19N3/c1-10(2,3)7-11-5-9-6-12-8-13(9)4/h6,8,11H,5,7H2,1-4H3. The minimum Gasteiger partial charge on any atom is -0.337 e. The van der Waals surface area contributed by atoms with E-state index < -0.39 is 0 Å². The molecule has 0 aliphatic carbocycles. The van der Waals surface area contributed by atoms with Gasteiger partial charge in [-0.3, -0.25) is 0 Å². The lowest BCUT2D eigenvalue weighted by Gasteiger charge is -2.18. The number of hydrogen-bond donors (Lipinski definition) is 1. The van der Waals surface area contributed by atoms with E-state index in [2.05, 4.69) is 31.1 Å². The lowest BCUT2D eigenvalue weighted by Crippen LogP contribution is -2.27. The van der Waals surface area contributed by atoms with Crippen LogP contribution in [0.1, 0.15) is 26.5 Å². The number of hydrogen-bond acceptors (Lipinski definition) is 2. The maximum atomic E-state index is 4.06. The highest BCUT2D eigenvalue weighted by atomic mass is 15.0. The van der Waals surface area contributed by atoms with Crippen LogP contribution in [0.5, 0.6) is 0 Å². The van der Waals surface area contributed by atoms with Crippen LogP contribution in [0.25, 0.3) is 0 Å². The summed E-state index contributed by atoms with van der Waals surface area (Å²) in [4.78, 5) is 4.06. The Kier molecular flexibility index (Phi) is 3.09. The van der Waals surface area contributed by atoms with Crippen LogP contribution >= 0.6 is 0 Å². The first-order valence-electron chi connectivity index (χ1n) is 4.65. The lowest BCUT2D eigenvalue weighted by molar-refractivity contribution is 0.377. The van der Waals surface area contributed by atoms with Crippen LogP contribution < -0.4 is 5.32 Å². The van der Waals surface area contributed by atoms with Gasteiger partial charge in [0.25, 0.3) is 0 Å². The second-order valence-electron chi connectivity index (χ2n) is 4.66. The van der Waals surface area contributed by atoms with Gasteiger partial charge < -0.3 is 9.88 Å². The van der Waals surface area contributed by atoms with Crippen molar-refractivity contribution in [3.8, 4) is 0 Å². The predicted molar refractivity (Wildman–Crippen MR) is 54.4 cm³/mol. The molecule has 0 aliphatic rings. The molecule has 3 nitrogen and oxygen atoms in total. The minimum absolute atomic E-state index is 0.346. The number of nitrogens with one attached hydrogen (secondary N) is 1. The Morgan fingerprint density at radius 1 is 1.46 bits per heavy atom. The van der Waals surface area contributed by atoms with Crippen molar-refractivity contribution in [3.05, 3.63) is 18.2 Å². The number of aryl methyl sites for hydroxylation is 1. The van der Waals surface area contributed by atoms with Crippen LogP contribution in [0.2, 0.25) is 0 Å². The average molecular weight is 181 g/mol. The van der Waals surface area contributed by atoms with E-state index in [9.17, 15) is 0 Å². The van der Waals surface area contributed by atoms with Crippen LogP contribution in [-0.4, -0.2) is 16.1 Å². The Morgan fingerprint density at radius 3 is 2.62 bits per heavy atom. The Bertz CT molecular complexity index is 257.